The summed E-state index contributed by atoms with van der Waals surface area (Å²) < 4.78 is 14.0. The van der Waals surface area contributed by atoms with Gasteiger partial charge in [-0.2, -0.15) is 0 Å². The molecule has 0 radical (unpaired) electrons. The summed E-state index contributed by atoms with van der Waals surface area (Å²) >= 11 is 6.01. The molecule has 0 bridgehead atoms. The van der Waals surface area contributed by atoms with E-state index in [0.29, 0.717) is 21.4 Å². The van der Waals surface area contributed by atoms with Gasteiger partial charge in [0.05, 0.1) is 27.0 Å². The average Bonchev–Trinajstić information content (AvgIpc) is 2.85. The molecule has 1 unspecified atom stereocenters. The number of hydrogen-bond donors (Lipinski definition) is 1. The van der Waals surface area contributed by atoms with Crippen molar-refractivity contribution in [1.82, 2.24) is 9.55 Å². The lowest BCUT2D eigenvalue weighted by molar-refractivity contribution is 0.658. The number of hydrogen-bond acceptors (Lipinski definition) is 3. The molecule has 96 valence electrons. The summed E-state index contributed by atoms with van der Waals surface area (Å²) in [5.41, 5.74) is 6.25. The number of aryl methyl sites for hydroxylation is 1. The molecule has 0 spiro atoms. The third kappa shape index (κ3) is 3.34. The number of nitrogen functional groups attached to an aromatic ring is 1. The van der Waals surface area contributed by atoms with Crippen molar-refractivity contribution in [3.8, 4) is 0 Å². The number of aromatic nitrogens is 2. The van der Waals surface area contributed by atoms with E-state index in [2.05, 4.69) is 4.98 Å². The summed E-state index contributed by atoms with van der Waals surface area (Å²) in [6.45, 7) is 0.797. The second kappa shape index (κ2) is 6.02. The minimum Gasteiger partial charge on any atom is -0.399 e. The van der Waals surface area contributed by atoms with Gasteiger partial charge >= 0.3 is 0 Å². The molecule has 1 heterocycles. The smallest absolute Gasteiger partial charge is 0.0945 e. The van der Waals surface area contributed by atoms with Crippen molar-refractivity contribution in [3.63, 3.8) is 0 Å². The molecule has 2 rings (SSSR count). The van der Waals surface area contributed by atoms with Crippen LogP contribution in [0.15, 0.2) is 41.8 Å². The van der Waals surface area contributed by atoms with Gasteiger partial charge in [0.2, 0.25) is 0 Å². The molecule has 0 fully saturated rings. The predicted octanol–water partition coefficient (Wildman–Crippen LogP) is 2.32. The Morgan fingerprint density at radius 3 is 3.00 bits per heavy atom. The molecule has 0 amide bonds. The van der Waals surface area contributed by atoms with Gasteiger partial charge in [0.1, 0.15) is 0 Å². The van der Waals surface area contributed by atoms with E-state index in [1.54, 1.807) is 30.7 Å². The molecule has 0 aliphatic rings. The molecular weight excluding hydrogens is 270 g/mol. The topological polar surface area (TPSA) is 60.9 Å². The van der Waals surface area contributed by atoms with Crippen LogP contribution in [0.3, 0.4) is 0 Å². The molecular formula is C12H14ClN3OS. The lowest BCUT2D eigenvalue weighted by atomic mass is 10.3. The summed E-state index contributed by atoms with van der Waals surface area (Å²) in [5.74, 6) is 0.557. The predicted molar refractivity (Wildman–Crippen MR) is 74.0 cm³/mol. The number of benzene rings is 1. The van der Waals surface area contributed by atoms with Gasteiger partial charge in [-0.15, -0.1) is 0 Å². The number of nitrogens with two attached hydrogens (primary N) is 1. The first kappa shape index (κ1) is 13.1. The van der Waals surface area contributed by atoms with Crippen molar-refractivity contribution >= 4 is 28.1 Å². The Kier molecular flexibility index (Phi) is 4.38. The van der Waals surface area contributed by atoms with Crippen LogP contribution in [0.2, 0.25) is 5.02 Å². The van der Waals surface area contributed by atoms with Crippen LogP contribution in [0.5, 0.6) is 0 Å². The molecule has 0 saturated carbocycles. The summed E-state index contributed by atoms with van der Waals surface area (Å²) in [6, 6.07) is 5.06. The van der Waals surface area contributed by atoms with E-state index in [-0.39, 0.29) is 0 Å². The fourth-order valence-electron chi connectivity index (χ4n) is 1.60. The Morgan fingerprint density at radius 2 is 2.28 bits per heavy atom. The zero-order valence-electron chi connectivity index (χ0n) is 9.75. The maximum Gasteiger partial charge on any atom is 0.0945 e. The van der Waals surface area contributed by atoms with Crippen molar-refractivity contribution in [3.05, 3.63) is 41.9 Å². The highest BCUT2D eigenvalue weighted by molar-refractivity contribution is 7.85. The summed E-state index contributed by atoms with van der Waals surface area (Å²) in [5, 5.41) is 0.505. The number of rotatable bonds is 5. The first-order chi connectivity index (χ1) is 8.66. The van der Waals surface area contributed by atoms with Crippen LogP contribution in [0.4, 0.5) is 5.69 Å². The molecule has 1 aromatic heterocycles. The second-order valence-corrected chi connectivity index (χ2v) is 5.84. The largest absolute Gasteiger partial charge is 0.399 e. The van der Waals surface area contributed by atoms with Crippen molar-refractivity contribution < 1.29 is 4.21 Å². The molecule has 4 nitrogen and oxygen atoms in total. The van der Waals surface area contributed by atoms with Crippen molar-refractivity contribution in [1.29, 1.82) is 0 Å². The van der Waals surface area contributed by atoms with Gasteiger partial charge in [0, 0.05) is 30.4 Å². The molecule has 18 heavy (non-hydrogen) atoms. The molecule has 1 aromatic carbocycles. The molecule has 6 heteroatoms. The van der Waals surface area contributed by atoms with Crippen LogP contribution >= 0.6 is 11.6 Å². The van der Waals surface area contributed by atoms with Gasteiger partial charge in [-0.1, -0.05) is 11.6 Å². The molecule has 0 saturated heterocycles. The number of anilines is 1. The lowest BCUT2D eigenvalue weighted by Crippen LogP contribution is -2.04. The van der Waals surface area contributed by atoms with Crippen molar-refractivity contribution in [2.24, 2.45) is 0 Å². The quantitative estimate of drug-likeness (QED) is 0.857. The van der Waals surface area contributed by atoms with E-state index in [1.165, 1.54) is 0 Å². The maximum absolute atomic E-state index is 12.1. The van der Waals surface area contributed by atoms with E-state index in [1.807, 2.05) is 10.8 Å². The summed E-state index contributed by atoms with van der Waals surface area (Å²) in [4.78, 5) is 4.57. The highest BCUT2D eigenvalue weighted by Crippen LogP contribution is 2.22. The van der Waals surface area contributed by atoms with Gasteiger partial charge in [-0.25, -0.2) is 4.98 Å². The van der Waals surface area contributed by atoms with Crippen molar-refractivity contribution in [2.45, 2.75) is 17.9 Å². The zero-order chi connectivity index (χ0) is 13.0. The minimum absolute atomic E-state index is 0.505. The van der Waals surface area contributed by atoms with E-state index >= 15 is 0 Å². The standard InChI is InChI=1S/C12H14ClN3OS/c13-11-3-2-10(14)8-12(11)18(17)7-1-5-16-6-4-15-9-16/h2-4,6,8-9H,1,5,7,14H2. The van der Waals surface area contributed by atoms with Crippen LogP contribution in [-0.4, -0.2) is 19.5 Å². The number of imidazole rings is 1. The Bertz CT molecular complexity index is 542. The zero-order valence-corrected chi connectivity index (χ0v) is 11.3. The average molecular weight is 284 g/mol. The minimum atomic E-state index is -1.11. The number of halogens is 1. The fraction of sp³-hybridized carbons (Fsp3) is 0.250. The van der Waals surface area contributed by atoms with Gasteiger partial charge in [0.25, 0.3) is 0 Å². The molecule has 0 aliphatic heterocycles. The highest BCUT2D eigenvalue weighted by atomic mass is 35.5. The van der Waals surface area contributed by atoms with Crippen molar-refractivity contribution in [2.75, 3.05) is 11.5 Å². The Balaban J connectivity index is 1.93. The first-order valence-corrected chi connectivity index (χ1v) is 7.25. The Labute approximate surface area is 113 Å². The van der Waals surface area contributed by atoms with Crippen LogP contribution in [0, 0.1) is 0 Å². The maximum atomic E-state index is 12.1. The van der Waals surface area contributed by atoms with E-state index < -0.39 is 10.8 Å². The van der Waals surface area contributed by atoms with E-state index in [9.17, 15) is 4.21 Å². The summed E-state index contributed by atoms with van der Waals surface area (Å²) in [7, 11) is -1.11. The van der Waals surface area contributed by atoms with Gasteiger partial charge in [-0.05, 0) is 24.6 Å². The normalized spacial score (nSPS) is 12.5. The van der Waals surface area contributed by atoms with Gasteiger partial charge in [0.15, 0.2) is 0 Å². The number of nitrogens with zero attached hydrogens (tertiary/aromatic N) is 2. The van der Waals surface area contributed by atoms with E-state index in [4.69, 9.17) is 17.3 Å². The molecule has 2 N–H and O–H groups in total. The third-order valence-electron chi connectivity index (χ3n) is 2.51. The van der Waals surface area contributed by atoms with Gasteiger partial charge < -0.3 is 10.3 Å². The summed E-state index contributed by atoms with van der Waals surface area (Å²) in [6.07, 6.45) is 6.16. The SMILES string of the molecule is Nc1ccc(Cl)c(S(=O)CCCn2ccnc2)c1. The van der Waals surface area contributed by atoms with Crippen LogP contribution in [0.25, 0.3) is 0 Å². The monoisotopic (exact) mass is 283 g/mol. The molecule has 2 aromatic rings. The molecule has 1 atom stereocenters. The van der Waals surface area contributed by atoms with Crippen LogP contribution in [0.1, 0.15) is 6.42 Å². The molecule has 0 aliphatic carbocycles. The second-order valence-electron chi connectivity index (χ2n) is 3.89. The first-order valence-electron chi connectivity index (χ1n) is 5.56. The van der Waals surface area contributed by atoms with Gasteiger partial charge in [-0.3, -0.25) is 4.21 Å². The van der Waals surface area contributed by atoms with E-state index in [0.717, 1.165) is 13.0 Å². The Hall–Kier alpha value is -1.33. The highest BCUT2D eigenvalue weighted by Gasteiger charge is 2.09. The third-order valence-corrected chi connectivity index (χ3v) is 4.44. The van der Waals surface area contributed by atoms with Crippen LogP contribution < -0.4 is 5.73 Å². The Morgan fingerprint density at radius 1 is 1.44 bits per heavy atom. The van der Waals surface area contributed by atoms with Crippen LogP contribution in [-0.2, 0) is 17.3 Å². The lowest BCUT2D eigenvalue weighted by Gasteiger charge is -2.06. The fourth-order valence-corrected chi connectivity index (χ4v) is 3.14.